The lowest BCUT2D eigenvalue weighted by atomic mass is 10.1. The second-order valence-electron chi connectivity index (χ2n) is 6.33. The van der Waals surface area contributed by atoms with Crippen LogP contribution in [0.1, 0.15) is 78.1 Å². The number of hydrogen-bond acceptors (Lipinski definition) is 6. The zero-order valence-corrected chi connectivity index (χ0v) is 17.9. The molecule has 0 unspecified atom stereocenters. The molecule has 0 heterocycles. The summed E-state index contributed by atoms with van der Waals surface area (Å²) >= 11 is 0. The van der Waals surface area contributed by atoms with Crippen molar-refractivity contribution in [1.82, 2.24) is 0 Å². The van der Waals surface area contributed by atoms with Crippen LogP contribution >= 0.6 is 7.60 Å². The molecule has 0 N–H and O–H groups in total. The quantitative estimate of drug-likeness (QED) is 0.0936. The van der Waals surface area contributed by atoms with Crippen molar-refractivity contribution in [3.8, 4) is 0 Å². The monoisotopic (exact) mass is 404 g/mol. The summed E-state index contributed by atoms with van der Waals surface area (Å²) in [6, 6.07) is 0. The first-order valence-corrected chi connectivity index (χ1v) is 11.9. The molecule has 0 amide bonds. The van der Waals surface area contributed by atoms with E-state index in [0.717, 1.165) is 32.0 Å². The molecule has 0 rings (SSSR count). The van der Waals surface area contributed by atoms with Crippen LogP contribution in [0.3, 0.4) is 0 Å². The lowest BCUT2D eigenvalue weighted by Gasteiger charge is -2.15. The van der Waals surface area contributed by atoms with Crippen molar-refractivity contribution in [2.24, 2.45) is 0 Å². The number of carbonyl (C=O) groups is 2. The van der Waals surface area contributed by atoms with Gasteiger partial charge in [-0.2, -0.15) is 0 Å². The van der Waals surface area contributed by atoms with Crippen molar-refractivity contribution in [1.29, 1.82) is 0 Å². The van der Waals surface area contributed by atoms with Crippen LogP contribution in [-0.4, -0.2) is 38.2 Å². The van der Waals surface area contributed by atoms with Crippen molar-refractivity contribution in [2.75, 3.05) is 26.0 Å². The highest BCUT2D eigenvalue weighted by atomic mass is 31.2. The van der Waals surface area contributed by atoms with Crippen molar-refractivity contribution >= 4 is 19.9 Å². The molecule has 0 fully saturated rings. The van der Waals surface area contributed by atoms with Gasteiger partial charge < -0.3 is 18.6 Å². The predicted octanol–water partition coefficient (Wildman–Crippen LogP) is 5.45. The van der Waals surface area contributed by atoms with E-state index in [1.165, 1.54) is 32.1 Å². The van der Waals surface area contributed by atoms with Crippen LogP contribution < -0.4 is 0 Å². The van der Waals surface area contributed by atoms with Gasteiger partial charge in [-0.05, 0) is 33.1 Å². The standard InChI is InChI=1S/C20H37O6P/c1-3-25-27(23,26-4-2)19-20(22)24-18-16-14-12-10-8-6-5-7-9-11-13-15-17-21/h14,16-17H,3-13,15,18-19H2,1-2H3/b16-14+. The van der Waals surface area contributed by atoms with E-state index in [2.05, 4.69) is 0 Å². The number of esters is 1. The van der Waals surface area contributed by atoms with Crippen molar-refractivity contribution in [3.63, 3.8) is 0 Å². The first kappa shape index (κ1) is 26.0. The van der Waals surface area contributed by atoms with Gasteiger partial charge in [-0.15, -0.1) is 0 Å². The van der Waals surface area contributed by atoms with Gasteiger partial charge in [-0.25, -0.2) is 0 Å². The Morgan fingerprint density at radius 3 is 1.85 bits per heavy atom. The first-order valence-electron chi connectivity index (χ1n) is 10.2. The van der Waals surface area contributed by atoms with E-state index in [9.17, 15) is 14.2 Å². The van der Waals surface area contributed by atoms with Crippen LogP contribution in [0.15, 0.2) is 12.2 Å². The van der Waals surface area contributed by atoms with Gasteiger partial charge in [0.2, 0.25) is 0 Å². The van der Waals surface area contributed by atoms with Gasteiger partial charge in [0.25, 0.3) is 0 Å². The molecule has 6 nitrogen and oxygen atoms in total. The van der Waals surface area contributed by atoms with Gasteiger partial charge in [-0.3, -0.25) is 9.36 Å². The van der Waals surface area contributed by atoms with E-state index in [1.54, 1.807) is 13.8 Å². The molecule has 0 saturated carbocycles. The number of rotatable bonds is 19. The minimum Gasteiger partial charge on any atom is -0.461 e. The molecule has 0 radical (unpaired) electrons. The fourth-order valence-electron chi connectivity index (χ4n) is 2.60. The topological polar surface area (TPSA) is 78.9 Å². The molecule has 0 spiro atoms. The molecule has 0 aromatic rings. The maximum absolute atomic E-state index is 12.2. The van der Waals surface area contributed by atoms with Crippen LogP contribution in [0.2, 0.25) is 0 Å². The molecule has 0 saturated heterocycles. The van der Waals surface area contributed by atoms with Gasteiger partial charge in [-0.1, -0.05) is 50.7 Å². The Morgan fingerprint density at radius 1 is 0.815 bits per heavy atom. The number of aldehydes is 1. The van der Waals surface area contributed by atoms with Gasteiger partial charge in [0.1, 0.15) is 19.1 Å². The molecule has 158 valence electrons. The maximum Gasteiger partial charge on any atom is 0.341 e. The van der Waals surface area contributed by atoms with Crippen molar-refractivity contribution < 1.29 is 27.9 Å². The molecule has 27 heavy (non-hydrogen) atoms. The third-order valence-electron chi connectivity index (χ3n) is 3.92. The van der Waals surface area contributed by atoms with Crippen LogP contribution in [0.25, 0.3) is 0 Å². The zero-order chi connectivity index (χ0) is 20.2. The molecule has 0 aliphatic heterocycles. The SMILES string of the molecule is CCOP(=O)(CC(=O)OC/C=C/CCCCCCCCCCC=O)OCC. The number of hydrogen-bond donors (Lipinski definition) is 0. The van der Waals surface area contributed by atoms with Crippen molar-refractivity contribution in [2.45, 2.75) is 78.1 Å². The maximum atomic E-state index is 12.2. The number of ether oxygens (including phenoxy) is 1. The highest BCUT2D eigenvalue weighted by molar-refractivity contribution is 7.54. The highest BCUT2D eigenvalue weighted by Crippen LogP contribution is 2.47. The fourth-order valence-corrected chi connectivity index (χ4v) is 4.05. The second kappa shape index (κ2) is 18.4. The van der Waals surface area contributed by atoms with Gasteiger partial charge in [0.05, 0.1) is 13.2 Å². The molecule has 0 aromatic carbocycles. The Morgan fingerprint density at radius 2 is 1.33 bits per heavy atom. The van der Waals surface area contributed by atoms with E-state index >= 15 is 0 Å². The third kappa shape index (κ3) is 16.9. The summed E-state index contributed by atoms with van der Waals surface area (Å²) in [6.07, 6.45) is 15.6. The average Bonchev–Trinajstić information content (AvgIpc) is 2.62. The van der Waals surface area contributed by atoms with Crippen LogP contribution in [0.4, 0.5) is 0 Å². The number of allylic oxidation sites excluding steroid dienone is 1. The van der Waals surface area contributed by atoms with E-state index in [-0.39, 0.29) is 26.0 Å². The highest BCUT2D eigenvalue weighted by Gasteiger charge is 2.28. The normalized spacial score (nSPS) is 11.8. The second-order valence-corrected chi connectivity index (χ2v) is 8.39. The lowest BCUT2D eigenvalue weighted by molar-refractivity contribution is -0.139. The van der Waals surface area contributed by atoms with Gasteiger partial charge >= 0.3 is 13.6 Å². The minimum absolute atomic E-state index is 0.178. The molecule has 0 bridgehead atoms. The Balaban J connectivity index is 3.59. The zero-order valence-electron chi connectivity index (χ0n) is 17.0. The molecule has 0 atom stereocenters. The third-order valence-corrected chi connectivity index (χ3v) is 5.87. The van der Waals surface area contributed by atoms with Gasteiger partial charge in [0.15, 0.2) is 0 Å². The van der Waals surface area contributed by atoms with E-state index in [1.807, 2.05) is 12.2 Å². The Hall–Kier alpha value is -0.970. The van der Waals surface area contributed by atoms with E-state index < -0.39 is 13.6 Å². The van der Waals surface area contributed by atoms with E-state index in [0.29, 0.717) is 6.42 Å². The summed E-state index contributed by atoms with van der Waals surface area (Å²) in [5.41, 5.74) is 0. The summed E-state index contributed by atoms with van der Waals surface area (Å²) in [5, 5.41) is 0. The Bertz CT molecular complexity index is 440. The minimum atomic E-state index is -3.38. The molecular weight excluding hydrogens is 367 g/mol. The Labute approximate surface area is 164 Å². The molecule has 0 aliphatic rings. The molecule has 7 heteroatoms. The first-order chi connectivity index (χ1) is 13.1. The molecule has 0 aromatic heterocycles. The Kier molecular flexibility index (Phi) is 17.7. The summed E-state index contributed by atoms with van der Waals surface area (Å²) in [7, 11) is -3.38. The van der Waals surface area contributed by atoms with Crippen LogP contribution in [-0.2, 0) is 27.9 Å². The summed E-state index contributed by atoms with van der Waals surface area (Å²) < 4.78 is 27.4. The van der Waals surface area contributed by atoms with E-state index in [4.69, 9.17) is 13.8 Å². The smallest absolute Gasteiger partial charge is 0.341 e. The molecule has 0 aliphatic carbocycles. The fraction of sp³-hybridized carbons (Fsp3) is 0.800. The van der Waals surface area contributed by atoms with Crippen LogP contribution in [0, 0.1) is 0 Å². The van der Waals surface area contributed by atoms with Crippen LogP contribution in [0.5, 0.6) is 0 Å². The largest absolute Gasteiger partial charge is 0.461 e. The summed E-state index contributed by atoms with van der Waals surface area (Å²) in [5.74, 6) is -0.571. The van der Waals surface area contributed by atoms with Gasteiger partial charge in [0, 0.05) is 6.42 Å². The lowest BCUT2D eigenvalue weighted by Crippen LogP contribution is -2.13. The number of unbranched alkanes of at least 4 members (excludes halogenated alkanes) is 9. The summed E-state index contributed by atoms with van der Waals surface area (Å²) in [6.45, 7) is 4.04. The molecular formula is C20H37O6P. The van der Waals surface area contributed by atoms with Crippen molar-refractivity contribution in [3.05, 3.63) is 12.2 Å². The average molecular weight is 404 g/mol. The number of carbonyl (C=O) groups excluding carboxylic acids is 2. The summed E-state index contributed by atoms with van der Waals surface area (Å²) in [4.78, 5) is 21.9. The predicted molar refractivity (Wildman–Crippen MR) is 108 cm³/mol.